The van der Waals surface area contributed by atoms with E-state index in [0.717, 1.165) is 0 Å². The Morgan fingerprint density at radius 3 is 2.15 bits per heavy atom. The molecule has 6 nitrogen and oxygen atoms in total. The molecule has 2 amide bonds. The zero-order valence-corrected chi connectivity index (χ0v) is 10.5. The van der Waals surface area contributed by atoms with Crippen LogP contribution in [0.5, 0.6) is 5.75 Å². The van der Waals surface area contributed by atoms with Gasteiger partial charge in [0.1, 0.15) is 5.75 Å². The fourth-order valence-electron chi connectivity index (χ4n) is 1.72. The molecule has 0 bridgehead atoms. The molecule has 0 spiro atoms. The predicted molar refractivity (Wildman–Crippen MR) is 74.2 cm³/mol. The van der Waals surface area contributed by atoms with E-state index in [0.29, 0.717) is 5.69 Å². The molecule has 0 saturated heterocycles. The summed E-state index contributed by atoms with van der Waals surface area (Å²) in [4.78, 5) is 23.6. The van der Waals surface area contributed by atoms with Crippen LogP contribution < -0.4 is 16.6 Å². The van der Waals surface area contributed by atoms with E-state index in [-0.39, 0.29) is 16.9 Å². The zero-order chi connectivity index (χ0) is 14.5. The summed E-state index contributed by atoms with van der Waals surface area (Å²) in [7, 11) is 0. The summed E-state index contributed by atoms with van der Waals surface area (Å²) >= 11 is 0. The second-order valence-electron chi connectivity index (χ2n) is 3.99. The van der Waals surface area contributed by atoms with E-state index >= 15 is 0 Å². The average Bonchev–Trinajstić information content (AvgIpc) is 2.47. The molecule has 2 rings (SSSR count). The van der Waals surface area contributed by atoms with E-state index in [4.69, 9.17) is 5.84 Å². The second kappa shape index (κ2) is 5.85. The number of nitrogens with one attached hydrogen (secondary N) is 2. The Morgan fingerprint density at radius 2 is 1.50 bits per heavy atom. The number of nitrogens with two attached hydrogens (primary N) is 1. The van der Waals surface area contributed by atoms with Crippen molar-refractivity contribution < 1.29 is 14.7 Å². The van der Waals surface area contributed by atoms with Gasteiger partial charge < -0.3 is 10.4 Å². The van der Waals surface area contributed by atoms with E-state index < -0.39 is 11.8 Å². The Balaban J connectivity index is 2.29. The smallest absolute Gasteiger partial charge is 0.267 e. The molecular weight excluding hydrogens is 258 g/mol. The summed E-state index contributed by atoms with van der Waals surface area (Å²) in [6.45, 7) is 0. The number of rotatable bonds is 3. The topological polar surface area (TPSA) is 104 Å². The number of carbonyl (C=O) groups excluding carboxylic acids is 2. The van der Waals surface area contributed by atoms with Crippen molar-refractivity contribution >= 4 is 17.5 Å². The van der Waals surface area contributed by atoms with Crippen molar-refractivity contribution in [2.45, 2.75) is 0 Å². The Bertz CT molecular complexity index is 656. The van der Waals surface area contributed by atoms with E-state index in [1.54, 1.807) is 30.3 Å². The number of benzene rings is 2. The molecule has 0 atom stereocenters. The van der Waals surface area contributed by atoms with Crippen LogP contribution >= 0.6 is 0 Å². The molecule has 2 aromatic rings. The standard InChI is InChI=1S/C14H13N3O3/c15-17-14(20)9-5-1-3-7-11(9)16-13(19)10-6-2-4-8-12(10)18/h1-8,18H,15H2,(H,16,19)(H,17,20). The summed E-state index contributed by atoms with van der Waals surface area (Å²) in [6, 6.07) is 12.6. The Morgan fingerprint density at radius 1 is 0.900 bits per heavy atom. The lowest BCUT2D eigenvalue weighted by molar-refractivity contribution is 0.0954. The Hall–Kier alpha value is -2.86. The number of aromatic hydroxyl groups is 1. The van der Waals surface area contributed by atoms with Crippen LogP contribution in [0, 0.1) is 0 Å². The van der Waals surface area contributed by atoms with Crippen molar-refractivity contribution in [2.75, 3.05) is 5.32 Å². The van der Waals surface area contributed by atoms with Gasteiger partial charge in [-0.2, -0.15) is 0 Å². The maximum atomic E-state index is 12.1. The number of hydrogen-bond donors (Lipinski definition) is 4. The van der Waals surface area contributed by atoms with Gasteiger partial charge in [-0.3, -0.25) is 15.0 Å². The lowest BCUT2D eigenvalue weighted by Crippen LogP contribution is -2.31. The van der Waals surface area contributed by atoms with Crippen LogP contribution in [0.15, 0.2) is 48.5 Å². The van der Waals surface area contributed by atoms with Crippen LogP contribution in [0.1, 0.15) is 20.7 Å². The molecule has 0 aliphatic heterocycles. The van der Waals surface area contributed by atoms with Crippen molar-refractivity contribution in [1.29, 1.82) is 0 Å². The van der Waals surface area contributed by atoms with Gasteiger partial charge in [-0.25, -0.2) is 5.84 Å². The van der Waals surface area contributed by atoms with Crippen molar-refractivity contribution in [3.05, 3.63) is 59.7 Å². The van der Waals surface area contributed by atoms with Crippen LogP contribution in [-0.2, 0) is 0 Å². The van der Waals surface area contributed by atoms with E-state index in [9.17, 15) is 14.7 Å². The monoisotopic (exact) mass is 271 g/mol. The van der Waals surface area contributed by atoms with Crippen molar-refractivity contribution in [2.24, 2.45) is 5.84 Å². The van der Waals surface area contributed by atoms with Gasteiger partial charge in [0.15, 0.2) is 0 Å². The van der Waals surface area contributed by atoms with Gasteiger partial charge in [0.2, 0.25) is 0 Å². The van der Waals surface area contributed by atoms with E-state index in [2.05, 4.69) is 5.32 Å². The highest BCUT2D eigenvalue weighted by molar-refractivity contribution is 6.09. The molecule has 0 aliphatic carbocycles. The number of para-hydroxylation sites is 2. The van der Waals surface area contributed by atoms with Crippen LogP contribution in [0.4, 0.5) is 5.69 Å². The largest absolute Gasteiger partial charge is 0.507 e. The average molecular weight is 271 g/mol. The zero-order valence-electron chi connectivity index (χ0n) is 10.5. The third-order valence-electron chi connectivity index (χ3n) is 2.70. The van der Waals surface area contributed by atoms with Gasteiger partial charge in [-0.1, -0.05) is 24.3 Å². The maximum Gasteiger partial charge on any atom is 0.267 e. The fourth-order valence-corrected chi connectivity index (χ4v) is 1.72. The number of carbonyl (C=O) groups is 2. The minimum absolute atomic E-state index is 0.121. The number of nitrogen functional groups attached to an aromatic ring is 1. The summed E-state index contributed by atoms with van der Waals surface area (Å²) in [5, 5.41) is 12.2. The van der Waals surface area contributed by atoms with E-state index in [1.807, 2.05) is 5.43 Å². The molecule has 0 aromatic heterocycles. The summed E-state index contributed by atoms with van der Waals surface area (Å²) < 4.78 is 0. The number of amides is 2. The highest BCUT2D eigenvalue weighted by atomic mass is 16.3. The van der Waals surface area contributed by atoms with Crippen molar-refractivity contribution in [3.63, 3.8) is 0 Å². The van der Waals surface area contributed by atoms with Crippen LogP contribution in [0.25, 0.3) is 0 Å². The summed E-state index contributed by atoms with van der Waals surface area (Å²) in [6.07, 6.45) is 0. The van der Waals surface area contributed by atoms with Crippen molar-refractivity contribution in [3.8, 4) is 5.75 Å². The molecule has 0 saturated carbocycles. The van der Waals surface area contributed by atoms with Gasteiger partial charge in [0.05, 0.1) is 16.8 Å². The Labute approximate surface area is 115 Å². The van der Waals surface area contributed by atoms with Gasteiger partial charge in [-0.15, -0.1) is 0 Å². The molecule has 20 heavy (non-hydrogen) atoms. The molecular formula is C14H13N3O3. The first kappa shape index (κ1) is 13.6. The molecule has 102 valence electrons. The molecule has 2 aromatic carbocycles. The number of phenolic OH excluding ortho intramolecular Hbond substituents is 1. The first-order valence-electron chi connectivity index (χ1n) is 5.83. The SMILES string of the molecule is NNC(=O)c1ccccc1NC(=O)c1ccccc1O. The van der Waals surface area contributed by atoms with Gasteiger partial charge in [0.25, 0.3) is 11.8 Å². The molecule has 6 heteroatoms. The van der Waals surface area contributed by atoms with Crippen molar-refractivity contribution in [1.82, 2.24) is 5.43 Å². The molecule has 0 aliphatic rings. The fraction of sp³-hybridized carbons (Fsp3) is 0. The highest BCUT2D eigenvalue weighted by Crippen LogP contribution is 2.20. The summed E-state index contributed by atoms with van der Waals surface area (Å²) in [5.74, 6) is 3.92. The lowest BCUT2D eigenvalue weighted by atomic mass is 10.1. The summed E-state index contributed by atoms with van der Waals surface area (Å²) in [5.41, 5.74) is 2.67. The minimum atomic E-state index is -0.516. The number of hydrazine groups is 1. The van der Waals surface area contributed by atoms with Crippen LogP contribution in [-0.4, -0.2) is 16.9 Å². The number of anilines is 1. The van der Waals surface area contributed by atoms with Crippen LogP contribution in [0.3, 0.4) is 0 Å². The predicted octanol–water partition coefficient (Wildman–Crippen LogP) is 1.25. The first-order chi connectivity index (χ1) is 9.63. The maximum absolute atomic E-state index is 12.1. The number of phenols is 1. The molecule has 0 heterocycles. The molecule has 0 radical (unpaired) electrons. The van der Waals surface area contributed by atoms with Gasteiger partial charge in [0, 0.05) is 0 Å². The van der Waals surface area contributed by atoms with Crippen LogP contribution in [0.2, 0.25) is 0 Å². The normalized spacial score (nSPS) is 9.85. The second-order valence-corrected chi connectivity index (χ2v) is 3.99. The van der Waals surface area contributed by atoms with Gasteiger partial charge in [-0.05, 0) is 24.3 Å². The third-order valence-corrected chi connectivity index (χ3v) is 2.70. The molecule has 5 N–H and O–H groups in total. The molecule has 0 fully saturated rings. The van der Waals surface area contributed by atoms with E-state index in [1.165, 1.54) is 18.2 Å². The van der Waals surface area contributed by atoms with Gasteiger partial charge >= 0.3 is 0 Å². The number of hydrogen-bond acceptors (Lipinski definition) is 4. The Kier molecular flexibility index (Phi) is 3.97. The minimum Gasteiger partial charge on any atom is -0.507 e. The highest BCUT2D eigenvalue weighted by Gasteiger charge is 2.14. The third kappa shape index (κ3) is 2.76. The molecule has 0 unspecified atom stereocenters. The quantitative estimate of drug-likeness (QED) is 0.383. The lowest BCUT2D eigenvalue weighted by Gasteiger charge is -2.10. The first-order valence-corrected chi connectivity index (χ1v) is 5.83.